The van der Waals surface area contributed by atoms with Crippen LogP contribution in [0.4, 0.5) is 4.39 Å². The van der Waals surface area contributed by atoms with Gasteiger partial charge >= 0.3 is 5.97 Å². The van der Waals surface area contributed by atoms with Crippen LogP contribution in [0.2, 0.25) is 0 Å². The summed E-state index contributed by atoms with van der Waals surface area (Å²) >= 11 is 0. The molecule has 0 bridgehead atoms. The number of primary amides is 1. The number of benzene rings is 2. The summed E-state index contributed by atoms with van der Waals surface area (Å²) in [5.74, 6) is -3.76. The van der Waals surface area contributed by atoms with Crippen molar-refractivity contribution in [2.75, 3.05) is 0 Å². The Morgan fingerprint density at radius 1 is 1.00 bits per heavy atom. The second-order valence-corrected chi connectivity index (χ2v) is 11.8. The number of aromatic amines is 1. The molecular weight excluding hydrogens is 637 g/mol. The predicted molar refractivity (Wildman–Crippen MR) is 175 cm³/mol. The topological polar surface area (TPSA) is 211 Å². The molecule has 49 heavy (non-hydrogen) atoms. The minimum Gasteiger partial charge on any atom is -0.458 e. The van der Waals surface area contributed by atoms with Crippen molar-refractivity contribution in [1.82, 2.24) is 31.1 Å². The minimum atomic E-state index is -1.21. The van der Waals surface area contributed by atoms with Gasteiger partial charge in [-0.3, -0.25) is 19.2 Å². The third-order valence-electron chi connectivity index (χ3n) is 7.44. The number of esters is 1. The Morgan fingerprint density at radius 2 is 1.73 bits per heavy atom. The van der Waals surface area contributed by atoms with Crippen molar-refractivity contribution in [3.05, 3.63) is 95.4 Å². The molecule has 258 valence electrons. The minimum absolute atomic E-state index is 0.0157. The van der Waals surface area contributed by atoms with Crippen LogP contribution in [0.15, 0.2) is 71.5 Å². The van der Waals surface area contributed by atoms with Crippen molar-refractivity contribution in [1.29, 1.82) is 0 Å². The number of halogens is 1. The van der Waals surface area contributed by atoms with E-state index in [9.17, 15) is 28.4 Å². The van der Waals surface area contributed by atoms with Gasteiger partial charge in [-0.05, 0) is 54.7 Å². The Bertz CT molecular complexity index is 1820. The number of aromatic nitrogens is 3. The van der Waals surface area contributed by atoms with Gasteiger partial charge in [0.25, 0.3) is 5.91 Å². The number of imidazole rings is 1. The molecule has 0 aliphatic rings. The van der Waals surface area contributed by atoms with E-state index in [1.807, 2.05) is 0 Å². The first-order chi connectivity index (χ1) is 23.4. The molecule has 4 aromatic rings. The van der Waals surface area contributed by atoms with Crippen molar-refractivity contribution in [3.63, 3.8) is 0 Å². The largest absolute Gasteiger partial charge is 0.458 e. The van der Waals surface area contributed by atoms with Crippen LogP contribution in [0.3, 0.4) is 0 Å². The molecule has 0 saturated carbocycles. The number of hydrogen-bond acceptors (Lipinski definition) is 9. The fourth-order valence-corrected chi connectivity index (χ4v) is 4.82. The molecule has 14 nitrogen and oxygen atoms in total. The van der Waals surface area contributed by atoms with E-state index >= 15 is 0 Å². The van der Waals surface area contributed by atoms with Gasteiger partial charge in [0.15, 0.2) is 5.69 Å². The lowest BCUT2D eigenvalue weighted by Crippen LogP contribution is -2.56. The number of rotatable bonds is 16. The average Bonchev–Trinajstić information content (AvgIpc) is 3.72. The number of nitrogens with zero attached hydrogens (tertiary/aromatic N) is 2. The van der Waals surface area contributed by atoms with Crippen LogP contribution in [0, 0.1) is 18.7 Å². The molecule has 0 saturated heterocycles. The van der Waals surface area contributed by atoms with E-state index < -0.39 is 59.5 Å². The maximum absolute atomic E-state index is 13.7. The van der Waals surface area contributed by atoms with Crippen LogP contribution in [-0.2, 0) is 36.9 Å². The monoisotopic (exact) mass is 675 g/mol. The number of hydrogen-bond donors (Lipinski definition) is 5. The van der Waals surface area contributed by atoms with E-state index in [2.05, 4.69) is 31.1 Å². The number of H-pyrrole nitrogens is 1. The fourth-order valence-electron chi connectivity index (χ4n) is 4.82. The highest BCUT2D eigenvalue weighted by Gasteiger charge is 2.30. The zero-order valence-corrected chi connectivity index (χ0v) is 27.2. The fraction of sp³-hybridized carbons (Fsp3) is 0.324. The summed E-state index contributed by atoms with van der Waals surface area (Å²) in [6, 6.07) is 9.04. The zero-order chi connectivity index (χ0) is 35.5. The average molecular weight is 676 g/mol. The van der Waals surface area contributed by atoms with Gasteiger partial charge in [0.2, 0.25) is 17.7 Å². The lowest BCUT2D eigenvalue weighted by Gasteiger charge is -2.26. The molecule has 0 aliphatic carbocycles. The van der Waals surface area contributed by atoms with Gasteiger partial charge in [-0.15, -0.1) is 0 Å². The number of amides is 4. The lowest BCUT2D eigenvalue weighted by atomic mass is 10.00. The smallest absolute Gasteiger partial charge is 0.330 e. The highest BCUT2D eigenvalue weighted by molar-refractivity contribution is 5.97. The third kappa shape index (κ3) is 10.8. The maximum atomic E-state index is 13.7. The Morgan fingerprint density at radius 3 is 2.41 bits per heavy atom. The van der Waals surface area contributed by atoms with Gasteiger partial charge in [0, 0.05) is 31.0 Å². The molecule has 4 amide bonds. The molecule has 0 aliphatic heterocycles. The molecule has 3 atom stereocenters. The number of ether oxygens (including phenoxy) is 1. The summed E-state index contributed by atoms with van der Waals surface area (Å²) in [6.07, 6.45) is 3.93. The standard InChI is InChI=1S/C34H38FN7O7/c1-19(2)31(41-33(46)28-14-20(3)49-42-28)34(47)40-27(15-21-4-7-23(35)8-5-21)32(45)39-24(9-12-29(36)43)10-13-30(44)48-17-22-6-11-25-26(16-22)38-18-37-25/h4-8,10-11,13-14,16,18-19,24,27,31H,9,12,15,17H2,1-3H3,(H2,36,43)(H,37,38)(H,39,45)(H,40,47)(H,41,46)/b13-10+/t24-,27+,31+/m1/s1. The van der Waals surface area contributed by atoms with E-state index in [1.165, 1.54) is 36.4 Å². The third-order valence-corrected chi connectivity index (χ3v) is 7.44. The van der Waals surface area contributed by atoms with E-state index in [-0.39, 0.29) is 31.6 Å². The molecule has 6 N–H and O–H groups in total. The molecule has 2 aromatic carbocycles. The van der Waals surface area contributed by atoms with E-state index in [0.29, 0.717) is 11.3 Å². The van der Waals surface area contributed by atoms with Crippen LogP contribution in [0.25, 0.3) is 11.0 Å². The molecule has 0 fully saturated rings. The van der Waals surface area contributed by atoms with Crippen LogP contribution >= 0.6 is 0 Å². The van der Waals surface area contributed by atoms with E-state index in [1.54, 1.807) is 45.3 Å². The van der Waals surface area contributed by atoms with Crippen molar-refractivity contribution < 1.29 is 37.6 Å². The first kappa shape index (κ1) is 36.0. The molecule has 0 radical (unpaired) electrons. The molecule has 0 spiro atoms. The molecule has 15 heteroatoms. The number of nitrogens with two attached hydrogens (primary N) is 1. The van der Waals surface area contributed by atoms with Gasteiger partial charge in [-0.2, -0.15) is 0 Å². The number of aryl methyl sites for hydroxylation is 1. The molecule has 2 aromatic heterocycles. The van der Waals surface area contributed by atoms with Crippen molar-refractivity contribution in [2.45, 2.75) is 64.8 Å². The van der Waals surface area contributed by atoms with Gasteiger partial charge in [0.05, 0.1) is 17.4 Å². The number of fused-ring (bicyclic) bond motifs is 1. The summed E-state index contributed by atoms with van der Waals surface area (Å²) in [7, 11) is 0. The van der Waals surface area contributed by atoms with Crippen molar-refractivity contribution in [2.24, 2.45) is 11.7 Å². The van der Waals surface area contributed by atoms with E-state index in [0.717, 1.165) is 22.7 Å². The first-order valence-electron chi connectivity index (χ1n) is 15.5. The SMILES string of the molecule is Cc1cc(C(=O)N[C@H](C(=O)N[C@@H](Cc2ccc(F)cc2)C(=O)N[C@@H](/C=C/C(=O)OCc2ccc3nc[nH]c3c2)CCC(N)=O)C(C)C)no1. The van der Waals surface area contributed by atoms with Gasteiger partial charge in [-0.25, -0.2) is 14.2 Å². The number of nitrogens with one attached hydrogen (secondary N) is 4. The normalized spacial score (nSPS) is 13.2. The Kier molecular flexibility index (Phi) is 12.3. The molecule has 0 unspecified atom stereocenters. The lowest BCUT2D eigenvalue weighted by molar-refractivity contribution is -0.139. The first-order valence-corrected chi connectivity index (χ1v) is 15.5. The summed E-state index contributed by atoms with van der Waals surface area (Å²) in [6.45, 7) is 5.03. The number of carbonyl (C=O) groups excluding carboxylic acids is 5. The highest BCUT2D eigenvalue weighted by Crippen LogP contribution is 2.14. The Balaban J connectivity index is 1.47. The van der Waals surface area contributed by atoms with E-state index in [4.69, 9.17) is 15.0 Å². The second kappa shape index (κ2) is 16.8. The quantitative estimate of drug-likeness (QED) is 0.0871. The molecule has 2 heterocycles. The predicted octanol–water partition coefficient (Wildman–Crippen LogP) is 2.53. The Labute approximate surface area is 281 Å². The second-order valence-electron chi connectivity index (χ2n) is 11.8. The summed E-state index contributed by atoms with van der Waals surface area (Å²) < 4.78 is 23.9. The zero-order valence-electron chi connectivity index (χ0n) is 27.2. The summed E-state index contributed by atoms with van der Waals surface area (Å²) in [5, 5.41) is 11.7. The summed E-state index contributed by atoms with van der Waals surface area (Å²) in [4.78, 5) is 71.3. The molecular formula is C34H38FN7O7. The van der Waals surface area contributed by atoms with Crippen LogP contribution in [0.5, 0.6) is 0 Å². The van der Waals surface area contributed by atoms with Crippen molar-refractivity contribution in [3.8, 4) is 0 Å². The van der Waals surface area contributed by atoms with Crippen molar-refractivity contribution >= 4 is 40.6 Å². The van der Waals surface area contributed by atoms with Crippen LogP contribution < -0.4 is 21.7 Å². The van der Waals surface area contributed by atoms with Crippen LogP contribution in [-0.4, -0.2) is 62.8 Å². The highest BCUT2D eigenvalue weighted by atomic mass is 19.1. The number of carbonyl (C=O) groups is 5. The van der Waals surface area contributed by atoms with Gasteiger partial charge < -0.3 is 35.9 Å². The van der Waals surface area contributed by atoms with Gasteiger partial charge in [0.1, 0.15) is 30.3 Å². The van der Waals surface area contributed by atoms with Crippen LogP contribution in [0.1, 0.15) is 54.1 Å². The Hall–Kier alpha value is -5.86. The molecule has 4 rings (SSSR count). The summed E-state index contributed by atoms with van der Waals surface area (Å²) in [5.41, 5.74) is 8.14. The maximum Gasteiger partial charge on any atom is 0.330 e. The van der Waals surface area contributed by atoms with Gasteiger partial charge in [-0.1, -0.05) is 43.3 Å².